The number of benzene rings is 2. The topological polar surface area (TPSA) is 106 Å². The van der Waals surface area contributed by atoms with Crippen molar-refractivity contribution in [3.05, 3.63) is 79.0 Å². The Kier molecular flexibility index (Phi) is 4.29. The van der Waals surface area contributed by atoms with Crippen molar-refractivity contribution in [2.45, 2.75) is 0 Å². The van der Waals surface area contributed by atoms with E-state index in [4.69, 9.17) is 5.73 Å². The van der Waals surface area contributed by atoms with Crippen LogP contribution in [0.1, 0.15) is 5.56 Å². The van der Waals surface area contributed by atoms with E-state index in [1.54, 1.807) is 17.9 Å². The number of nitrogens with zero attached hydrogens (tertiary/aromatic N) is 4. The number of nitrogens with one attached hydrogen (secondary N) is 1. The summed E-state index contributed by atoms with van der Waals surface area (Å²) in [5.74, 6) is 0.592. The van der Waals surface area contributed by atoms with Crippen molar-refractivity contribution in [3.8, 4) is 39.8 Å². The Morgan fingerprint density at radius 3 is 2.55 bits per heavy atom. The zero-order chi connectivity index (χ0) is 21.5. The van der Waals surface area contributed by atoms with Gasteiger partial charge >= 0.3 is 0 Å². The van der Waals surface area contributed by atoms with Gasteiger partial charge in [0.15, 0.2) is 11.6 Å². The predicted octanol–water partition coefficient (Wildman–Crippen LogP) is 4.33. The SMILES string of the molecule is C=C(N)c1ccc2nc(-c3c(O)c(-c4ccc(-c5ccccn5)cc4)nn3C)[nH]c2c1. The molecule has 3 heterocycles. The third-order valence-corrected chi connectivity index (χ3v) is 5.22. The number of H-pyrrole nitrogens is 1. The number of imidazole rings is 1. The first-order valence-electron chi connectivity index (χ1n) is 9.74. The molecule has 5 aromatic rings. The van der Waals surface area contributed by atoms with Gasteiger partial charge in [0, 0.05) is 30.1 Å². The van der Waals surface area contributed by atoms with E-state index in [0.717, 1.165) is 33.4 Å². The molecule has 0 aliphatic carbocycles. The molecule has 5 rings (SSSR count). The molecule has 4 N–H and O–H groups in total. The molecule has 0 radical (unpaired) electrons. The maximum Gasteiger partial charge on any atom is 0.173 e. The molecule has 0 amide bonds. The standard InChI is InChI=1S/C24H20N6O/c1-14(25)17-10-11-19-20(13-17)28-24(27-19)22-23(31)21(29-30(22)2)16-8-6-15(7-9-16)18-5-3-4-12-26-18/h3-13,31H,1,25H2,2H3,(H,27,28). The highest BCUT2D eigenvalue weighted by molar-refractivity contribution is 5.85. The number of fused-ring (bicyclic) bond motifs is 1. The number of aromatic nitrogens is 5. The Hall–Kier alpha value is -4.39. The van der Waals surface area contributed by atoms with Crippen LogP contribution in [0.25, 0.3) is 50.8 Å². The van der Waals surface area contributed by atoms with Crippen molar-refractivity contribution in [1.29, 1.82) is 0 Å². The second-order valence-electron chi connectivity index (χ2n) is 7.30. The largest absolute Gasteiger partial charge is 0.504 e. The lowest BCUT2D eigenvalue weighted by molar-refractivity contribution is 0.478. The summed E-state index contributed by atoms with van der Waals surface area (Å²) in [5, 5.41) is 15.5. The van der Waals surface area contributed by atoms with E-state index in [9.17, 15) is 5.11 Å². The van der Waals surface area contributed by atoms with Crippen molar-refractivity contribution >= 4 is 16.7 Å². The van der Waals surface area contributed by atoms with Gasteiger partial charge in [-0.05, 0) is 29.8 Å². The maximum atomic E-state index is 11.0. The summed E-state index contributed by atoms with van der Waals surface area (Å²) < 4.78 is 1.62. The molecule has 2 aromatic carbocycles. The zero-order valence-corrected chi connectivity index (χ0v) is 16.9. The lowest BCUT2D eigenvalue weighted by Gasteiger charge is -2.02. The summed E-state index contributed by atoms with van der Waals surface area (Å²) in [6.07, 6.45) is 1.76. The summed E-state index contributed by atoms with van der Waals surface area (Å²) in [7, 11) is 1.78. The molecule has 0 spiro atoms. The van der Waals surface area contributed by atoms with Gasteiger partial charge in [-0.25, -0.2) is 4.98 Å². The molecule has 31 heavy (non-hydrogen) atoms. The molecular weight excluding hydrogens is 388 g/mol. The molecule has 152 valence electrons. The van der Waals surface area contributed by atoms with Crippen LogP contribution in [-0.4, -0.2) is 29.8 Å². The van der Waals surface area contributed by atoms with Crippen LogP contribution in [0.5, 0.6) is 5.75 Å². The van der Waals surface area contributed by atoms with Crippen molar-refractivity contribution < 1.29 is 5.11 Å². The molecule has 0 atom stereocenters. The number of pyridine rings is 1. The van der Waals surface area contributed by atoms with Crippen LogP contribution in [-0.2, 0) is 7.05 Å². The average Bonchev–Trinajstić information content (AvgIpc) is 3.33. The summed E-state index contributed by atoms with van der Waals surface area (Å²) in [4.78, 5) is 12.2. The molecule has 0 bridgehead atoms. The minimum atomic E-state index is 0.0654. The molecule has 0 saturated carbocycles. The van der Waals surface area contributed by atoms with Crippen LogP contribution in [0.15, 0.2) is 73.4 Å². The number of hydrogen-bond donors (Lipinski definition) is 3. The molecule has 3 aromatic heterocycles. The highest BCUT2D eigenvalue weighted by atomic mass is 16.3. The zero-order valence-electron chi connectivity index (χ0n) is 16.9. The number of aryl methyl sites for hydroxylation is 1. The Morgan fingerprint density at radius 1 is 1.06 bits per heavy atom. The van der Waals surface area contributed by atoms with Gasteiger partial charge in [-0.2, -0.15) is 5.10 Å². The van der Waals surface area contributed by atoms with E-state index in [2.05, 4.69) is 26.6 Å². The normalized spacial score (nSPS) is 11.1. The maximum absolute atomic E-state index is 11.0. The fraction of sp³-hybridized carbons (Fsp3) is 0.0417. The van der Waals surface area contributed by atoms with Gasteiger partial charge in [-0.15, -0.1) is 0 Å². The van der Waals surface area contributed by atoms with E-state index in [-0.39, 0.29) is 5.75 Å². The molecule has 0 aliphatic heterocycles. The van der Waals surface area contributed by atoms with Crippen LogP contribution in [0.2, 0.25) is 0 Å². The molecule has 0 unspecified atom stereocenters. The predicted molar refractivity (Wildman–Crippen MR) is 122 cm³/mol. The van der Waals surface area contributed by atoms with Crippen LogP contribution in [0, 0.1) is 0 Å². The van der Waals surface area contributed by atoms with E-state index < -0.39 is 0 Å². The fourth-order valence-corrected chi connectivity index (χ4v) is 3.63. The molecule has 7 heteroatoms. The summed E-state index contributed by atoms with van der Waals surface area (Å²) >= 11 is 0. The fourth-order valence-electron chi connectivity index (χ4n) is 3.63. The summed E-state index contributed by atoms with van der Waals surface area (Å²) in [6.45, 7) is 3.77. The quantitative estimate of drug-likeness (QED) is 0.410. The van der Waals surface area contributed by atoms with Crippen molar-refractivity contribution in [2.24, 2.45) is 12.8 Å². The van der Waals surface area contributed by atoms with E-state index in [1.807, 2.05) is 60.7 Å². The second kappa shape index (κ2) is 7.14. The van der Waals surface area contributed by atoms with E-state index in [1.165, 1.54) is 0 Å². The Labute approximate surface area is 178 Å². The highest BCUT2D eigenvalue weighted by Gasteiger charge is 2.21. The summed E-state index contributed by atoms with van der Waals surface area (Å²) in [5.41, 5.74) is 12.4. The van der Waals surface area contributed by atoms with Crippen LogP contribution >= 0.6 is 0 Å². The van der Waals surface area contributed by atoms with Crippen LogP contribution in [0.4, 0.5) is 0 Å². The van der Waals surface area contributed by atoms with Gasteiger partial charge in [0.1, 0.15) is 11.4 Å². The lowest BCUT2D eigenvalue weighted by Crippen LogP contribution is -1.95. The van der Waals surface area contributed by atoms with E-state index >= 15 is 0 Å². The monoisotopic (exact) mass is 408 g/mol. The third kappa shape index (κ3) is 3.22. The molecule has 0 fully saturated rings. The lowest BCUT2D eigenvalue weighted by atomic mass is 10.1. The van der Waals surface area contributed by atoms with Gasteiger partial charge < -0.3 is 15.8 Å². The first-order chi connectivity index (χ1) is 15.0. The second-order valence-corrected chi connectivity index (χ2v) is 7.30. The smallest absolute Gasteiger partial charge is 0.173 e. The van der Waals surface area contributed by atoms with Gasteiger partial charge in [0.05, 0.1) is 16.7 Å². The minimum absolute atomic E-state index is 0.0654. The average molecular weight is 408 g/mol. The first kappa shape index (κ1) is 18.6. The van der Waals surface area contributed by atoms with Gasteiger partial charge in [-0.3, -0.25) is 9.67 Å². The Balaban J connectivity index is 1.54. The van der Waals surface area contributed by atoms with Gasteiger partial charge in [0.25, 0.3) is 0 Å². The van der Waals surface area contributed by atoms with Crippen molar-refractivity contribution in [2.75, 3.05) is 0 Å². The number of hydrogen-bond acceptors (Lipinski definition) is 5. The molecule has 0 saturated heterocycles. The van der Waals surface area contributed by atoms with Crippen LogP contribution in [0.3, 0.4) is 0 Å². The van der Waals surface area contributed by atoms with E-state index in [0.29, 0.717) is 22.9 Å². The van der Waals surface area contributed by atoms with Gasteiger partial charge in [-0.1, -0.05) is 43.0 Å². The number of nitrogens with two attached hydrogens (primary N) is 1. The number of rotatable bonds is 4. The van der Waals surface area contributed by atoms with Gasteiger partial charge in [0.2, 0.25) is 0 Å². The van der Waals surface area contributed by atoms with Crippen molar-refractivity contribution in [3.63, 3.8) is 0 Å². The third-order valence-electron chi connectivity index (χ3n) is 5.22. The summed E-state index contributed by atoms with van der Waals surface area (Å²) in [6, 6.07) is 19.2. The first-order valence-corrected chi connectivity index (χ1v) is 9.74. The number of aromatic amines is 1. The van der Waals surface area contributed by atoms with Crippen molar-refractivity contribution in [1.82, 2.24) is 24.7 Å². The Bertz CT molecular complexity index is 1410. The minimum Gasteiger partial charge on any atom is -0.504 e. The Morgan fingerprint density at radius 2 is 1.84 bits per heavy atom. The highest BCUT2D eigenvalue weighted by Crippen LogP contribution is 2.37. The molecular formula is C24H20N6O. The van der Waals surface area contributed by atoms with Crippen LogP contribution < -0.4 is 5.73 Å². The molecule has 0 aliphatic rings. The number of aromatic hydroxyl groups is 1. The molecule has 7 nitrogen and oxygen atoms in total.